The summed E-state index contributed by atoms with van der Waals surface area (Å²) >= 11 is 18.1. The van der Waals surface area contributed by atoms with Crippen LogP contribution in [0.25, 0.3) is 6.08 Å². The maximum absolute atomic E-state index is 6.14. The van der Waals surface area contributed by atoms with Crippen molar-refractivity contribution in [2.45, 2.75) is 0 Å². The second-order valence-corrected chi connectivity index (χ2v) is 6.61. The first-order chi connectivity index (χ1) is 11.0. The highest BCUT2D eigenvalue weighted by Crippen LogP contribution is 2.27. The van der Waals surface area contributed by atoms with E-state index in [0.29, 0.717) is 10.0 Å². The van der Waals surface area contributed by atoms with E-state index >= 15 is 0 Å². The van der Waals surface area contributed by atoms with Crippen LogP contribution >= 0.6 is 59.6 Å². The molecule has 0 N–H and O–H groups in total. The third-order valence-corrected chi connectivity index (χ3v) is 4.72. The Bertz CT molecular complexity index is 802. The molecule has 0 saturated carbocycles. The van der Waals surface area contributed by atoms with E-state index in [1.54, 1.807) is 6.07 Å². The van der Waals surface area contributed by atoms with Gasteiger partial charge in [-0.2, -0.15) is 0 Å². The van der Waals surface area contributed by atoms with Gasteiger partial charge in [0.25, 0.3) is 0 Å². The molecule has 2 aromatic carbocycles. The maximum atomic E-state index is 6.14. The Balaban J connectivity index is 0.00000156. The zero-order valence-electron chi connectivity index (χ0n) is 13.4. The van der Waals surface area contributed by atoms with E-state index in [4.69, 9.17) is 34.8 Å². The van der Waals surface area contributed by atoms with Gasteiger partial charge in [-0.3, -0.25) is 4.99 Å². The molecule has 0 aromatic heterocycles. The lowest BCUT2D eigenvalue weighted by Gasteiger charge is -2.19. The Kier molecular flexibility index (Phi) is 8.59. The molecule has 1 aliphatic rings. The highest BCUT2D eigenvalue weighted by molar-refractivity contribution is 6.42. The predicted molar refractivity (Wildman–Crippen MR) is 116 cm³/mol. The van der Waals surface area contributed by atoms with Crippen molar-refractivity contribution >= 4 is 77.1 Å². The van der Waals surface area contributed by atoms with E-state index in [9.17, 15) is 0 Å². The number of benzodiazepines with no additional fused rings is 1. The number of halogens is 5. The van der Waals surface area contributed by atoms with E-state index in [0.717, 1.165) is 40.6 Å². The predicted octanol–water partition coefficient (Wildman–Crippen LogP) is 6.44. The fraction of sp³-hybridized carbons (Fsp3) is 0.167. The zero-order chi connectivity index (χ0) is 16.4. The van der Waals surface area contributed by atoms with Gasteiger partial charge in [-0.05, 0) is 42.0 Å². The van der Waals surface area contributed by atoms with Crippen molar-refractivity contribution in [3.8, 4) is 0 Å². The van der Waals surface area contributed by atoms with Gasteiger partial charge in [-0.1, -0.05) is 46.9 Å². The number of hydrogen-bond acceptors (Lipinski definition) is 2. The van der Waals surface area contributed by atoms with Crippen LogP contribution in [0.15, 0.2) is 47.5 Å². The third-order valence-electron chi connectivity index (χ3n) is 3.74. The van der Waals surface area contributed by atoms with Crippen LogP contribution in [-0.2, 0) is 0 Å². The van der Waals surface area contributed by atoms with Crippen molar-refractivity contribution in [1.29, 1.82) is 0 Å². The topological polar surface area (TPSA) is 15.6 Å². The summed E-state index contributed by atoms with van der Waals surface area (Å²) in [4.78, 5) is 6.86. The summed E-state index contributed by atoms with van der Waals surface area (Å²) in [6.07, 6.45) is 4.00. The van der Waals surface area contributed by atoms with Crippen LogP contribution in [-0.4, -0.2) is 25.8 Å². The molecule has 3 rings (SSSR count). The number of anilines is 1. The second-order valence-electron chi connectivity index (χ2n) is 5.36. The van der Waals surface area contributed by atoms with Crippen molar-refractivity contribution in [3.05, 3.63) is 68.7 Å². The lowest BCUT2D eigenvalue weighted by Crippen LogP contribution is -2.20. The van der Waals surface area contributed by atoms with Gasteiger partial charge in [-0.15, -0.1) is 24.8 Å². The van der Waals surface area contributed by atoms with E-state index in [-0.39, 0.29) is 24.8 Å². The normalized spacial score (nSPS) is 13.4. The van der Waals surface area contributed by atoms with Gasteiger partial charge in [0.15, 0.2) is 0 Å². The van der Waals surface area contributed by atoms with Gasteiger partial charge in [0.05, 0.1) is 22.3 Å². The van der Waals surface area contributed by atoms with Crippen LogP contribution < -0.4 is 4.90 Å². The Labute approximate surface area is 175 Å². The minimum absolute atomic E-state index is 0. The molecule has 1 heterocycles. The van der Waals surface area contributed by atoms with E-state index in [1.807, 2.05) is 42.5 Å². The summed E-state index contributed by atoms with van der Waals surface area (Å²) in [5.74, 6) is 0. The maximum Gasteiger partial charge on any atom is 0.0668 e. The second kappa shape index (κ2) is 9.70. The number of fused-ring (bicyclic) bond motifs is 1. The molecule has 0 atom stereocenters. The molecule has 134 valence electrons. The highest BCUT2D eigenvalue weighted by Gasteiger charge is 2.14. The molecule has 1 aliphatic heterocycles. The lowest BCUT2D eigenvalue weighted by atomic mass is 10.1. The first-order valence-corrected chi connectivity index (χ1v) is 8.36. The van der Waals surface area contributed by atoms with Crippen LogP contribution in [0.3, 0.4) is 0 Å². The number of rotatable bonds is 2. The van der Waals surface area contributed by atoms with Gasteiger partial charge in [0, 0.05) is 29.9 Å². The highest BCUT2D eigenvalue weighted by atomic mass is 35.5. The number of hydrogen-bond donors (Lipinski definition) is 0. The Morgan fingerprint density at radius 2 is 1.72 bits per heavy atom. The quantitative estimate of drug-likeness (QED) is 0.527. The molecule has 0 saturated heterocycles. The summed E-state index contributed by atoms with van der Waals surface area (Å²) in [7, 11) is 2.05. The molecule has 0 fully saturated rings. The lowest BCUT2D eigenvalue weighted by molar-refractivity contribution is 0.897. The fourth-order valence-electron chi connectivity index (χ4n) is 2.50. The minimum Gasteiger partial charge on any atom is -0.372 e. The molecule has 0 bridgehead atoms. The van der Waals surface area contributed by atoms with E-state index in [1.165, 1.54) is 0 Å². The largest absolute Gasteiger partial charge is 0.372 e. The summed E-state index contributed by atoms with van der Waals surface area (Å²) in [5.41, 5.74) is 4.08. The molecule has 2 nitrogen and oxygen atoms in total. The van der Waals surface area contributed by atoms with Crippen molar-refractivity contribution in [2.75, 3.05) is 25.0 Å². The van der Waals surface area contributed by atoms with Crippen LogP contribution in [0.1, 0.15) is 11.1 Å². The molecule has 2 aromatic rings. The average molecular weight is 439 g/mol. The number of aliphatic imine (C=N–C) groups is 1. The Morgan fingerprint density at radius 3 is 2.44 bits per heavy atom. The van der Waals surface area contributed by atoms with Crippen LogP contribution in [0.5, 0.6) is 0 Å². The first kappa shape index (κ1) is 22.1. The van der Waals surface area contributed by atoms with Gasteiger partial charge in [0.1, 0.15) is 0 Å². The number of likely N-dealkylation sites (N-methyl/N-ethyl adjacent to an activating group) is 1. The first-order valence-electron chi connectivity index (χ1n) is 7.23. The van der Waals surface area contributed by atoms with Crippen molar-refractivity contribution in [2.24, 2.45) is 4.99 Å². The van der Waals surface area contributed by atoms with Crippen molar-refractivity contribution in [3.63, 3.8) is 0 Å². The standard InChI is InChI=1S/C18H15Cl3N2.2ClH/c1-23-9-8-22-17(14-5-4-13(19)11-18(14)23)7-3-12-2-6-15(20)16(21)10-12;;/h2-7,10-11H,8-9H2,1H3;2*1H. The minimum atomic E-state index is 0. The molecule has 0 radical (unpaired) electrons. The molecule has 7 heteroatoms. The molecule has 25 heavy (non-hydrogen) atoms. The number of nitrogens with zero attached hydrogens (tertiary/aromatic N) is 2. The van der Waals surface area contributed by atoms with Gasteiger partial charge < -0.3 is 4.90 Å². The fourth-order valence-corrected chi connectivity index (χ4v) is 2.97. The van der Waals surface area contributed by atoms with Gasteiger partial charge in [0.2, 0.25) is 0 Å². The molecule has 0 amide bonds. The third kappa shape index (κ3) is 5.29. The molecular weight excluding hydrogens is 421 g/mol. The molecule has 0 unspecified atom stereocenters. The molecule has 0 aliphatic carbocycles. The number of allylic oxidation sites excluding steroid dienone is 1. The van der Waals surface area contributed by atoms with Crippen LogP contribution in [0.2, 0.25) is 15.1 Å². The Hall–Kier alpha value is -0.900. The Morgan fingerprint density at radius 1 is 0.960 bits per heavy atom. The van der Waals surface area contributed by atoms with E-state index < -0.39 is 0 Å². The summed E-state index contributed by atoms with van der Waals surface area (Å²) in [6, 6.07) is 11.4. The monoisotopic (exact) mass is 436 g/mol. The zero-order valence-corrected chi connectivity index (χ0v) is 17.3. The molecular formula is C18H17Cl5N2. The van der Waals surface area contributed by atoms with Crippen molar-refractivity contribution < 1.29 is 0 Å². The van der Waals surface area contributed by atoms with Crippen LogP contribution in [0, 0.1) is 0 Å². The molecule has 0 spiro atoms. The average Bonchev–Trinajstić information content (AvgIpc) is 2.68. The SMILES string of the molecule is CN1CCN=C(C=Cc2ccc(Cl)c(Cl)c2)c2ccc(Cl)cc21.Cl.Cl. The number of benzene rings is 2. The summed E-state index contributed by atoms with van der Waals surface area (Å²) in [6.45, 7) is 1.60. The van der Waals surface area contributed by atoms with Crippen molar-refractivity contribution in [1.82, 2.24) is 0 Å². The van der Waals surface area contributed by atoms with Gasteiger partial charge >= 0.3 is 0 Å². The van der Waals surface area contributed by atoms with E-state index in [2.05, 4.69) is 16.9 Å². The van der Waals surface area contributed by atoms with Crippen LogP contribution in [0.4, 0.5) is 5.69 Å². The summed E-state index contributed by atoms with van der Waals surface area (Å²) < 4.78 is 0. The summed E-state index contributed by atoms with van der Waals surface area (Å²) in [5, 5.41) is 1.83. The van der Waals surface area contributed by atoms with Gasteiger partial charge in [-0.25, -0.2) is 0 Å². The smallest absolute Gasteiger partial charge is 0.0668 e.